The van der Waals surface area contributed by atoms with Gasteiger partial charge < -0.3 is 30.2 Å². The van der Waals surface area contributed by atoms with Gasteiger partial charge in [-0.2, -0.15) is 17.6 Å². The zero-order valence-electron chi connectivity index (χ0n) is 19.0. The fourth-order valence-corrected chi connectivity index (χ4v) is 3.92. The fourth-order valence-electron chi connectivity index (χ4n) is 3.18. The van der Waals surface area contributed by atoms with Crippen molar-refractivity contribution < 1.29 is 41.4 Å². The SMILES string of the molecule is COCC(=O)Nc1cc(CNc2ncsc2CC(=O)Nc2ccc3c(c2)OC(F)(F)C(F)(F)O3)ccn1. The highest BCUT2D eigenvalue weighted by Crippen LogP contribution is 2.47. The maximum Gasteiger partial charge on any atom is 0.507 e. The Morgan fingerprint density at radius 2 is 1.76 bits per heavy atom. The number of pyridine rings is 1. The predicted molar refractivity (Wildman–Crippen MR) is 124 cm³/mol. The molecule has 4 rings (SSSR count). The van der Waals surface area contributed by atoms with Gasteiger partial charge in [0.2, 0.25) is 5.91 Å². The summed E-state index contributed by atoms with van der Waals surface area (Å²) < 4.78 is 66.3. The molecule has 0 atom stereocenters. The second-order valence-electron chi connectivity index (χ2n) is 7.63. The molecule has 0 saturated heterocycles. The molecule has 3 aromatic rings. The summed E-state index contributed by atoms with van der Waals surface area (Å²) in [5.74, 6) is -1.28. The van der Waals surface area contributed by atoms with Crippen molar-refractivity contribution in [3.05, 3.63) is 52.5 Å². The molecule has 0 bridgehead atoms. The Kier molecular flexibility index (Phi) is 7.45. The zero-order chi connectivity index (χ0) is 26.6. The van der Waals surface area contributed by atoms with Gasteiger partial charge in [0.25, 0.3) is 5.91 Å². The van der Waals surface area contributed by atoms with E-state index in [1.165, 1.54) is 30.7 Å². The molecular weight excluding hydrogens is 522 g/mol. The molecule has 1 aliphatic rings. The lowest BCUT2D eigenvalue weighted by Gasteiger charge is -2.31. The normalized spacial score (nSPS) is 15.1. The van der Waals surface area contributed by atoms with E-state index in [0.29, 0.717) is 23.1 Å². The summed E-state index contributed by atoms with van der Waals surface area (Å²) in [7, 11) is 1.40. The molecule has 10 nitrogen and oxygen atoms in total. The van der Waals surface area contributed by atoms with E-state index in [1.807, 2.05) is 0 Å². The van der Waals surface area contributed by atoms with Gasteiger partial charge in [-0.15, -0.1) is 11.3 Å². The van der Waals surface area contributed by atoms with E-state index in [0.717, 1.165) is 17.7 Å². The summed E-state index contributed by atoms with van der Waals surface area (Å²) in [4.78, 5) is 33.1. The molecule has 196 valence electrons. The summed E-state index contributed by atoms with van der Waals surface area (Å²) in [5, 5.41) is 8.21. The lowest BCUT2D eigenvalue weighted by atomic mass is 10.2. The molecule has 3 heterocycles. The number of halogens is 4. The number of amides is 2. The van der Waals surface area contributed by atoms with E-state index in [4.69, 9.17) is 4.74 Å². The van der Waals surface area contributed by atoms with Crippen molar-refractivity contribution in [2.24, 2.45) is 0 Å². The van der Waals surface area contributed by atoms with Crippen molar-refractivity contribution >= 4 is 40.5 Å². The largest absolute Gasteiger partial charge is 0.507 e. The zero-order valence-corrected chi connectivity index (χ0v) is 19.8. The maximum atomic E-state index is 13.4. The van der Waals surface area contributed by atoms with Crippen molar-refractivity contribution in [2.45, 2.75) is 25.2 Å². The number of methoxy groups -OCH3 is 1. The van der Waals surface area contributed by atoms with E-state index in [-0.39, 0.29) is 24.6 Å². The highest BCUT2D eigenvalue weighted by molar-refractivity contribution is 7.10. The number of rotatable bonds is 9. The molecule has 2 amide bonds. The Labute approximate surface area is 211 Å². The van der Waals surface area contributed by atoms with E-state index in [1.54, 1.807) is 17.6 Å². The number of carbonyl (C=O) groups is 2. The molecule has 0 radical (unpaired) electrons. The molecule has 0 aliphatic carbocycles. The van der Waals surface area contributed by atoms with E-state index in [9.17, 15) is 27.2 Å². The standard InChI is InChI=1S/C22H19F4N5O5S/c1-34-10-19(33)31-17-6-12(4-5-27-17)9-28-20-16(37-11-29-20)8-18(32)30-13-2-3-14-15(7-13)36-22(25,26)21(23,24)35-14/h2-7,11,28H,8-10H2,1H3,(H,30,32)(H,27,31,33). The van der Waals surface area contributed by atoms with Crippen molar-refractivity contribution in [3.63, 3.8) is 0 Å². The highest BCUT2D eigenvalue weighted by atomic mass is 32.1. The van der Waals surface area contributed by atoms with Crippen LogP contribution in [0.25, 0.3) is 0 Å². The summed E-state index contributed by atoms with van der Waals surface area (Å²) in [6, 6.07) is 6.58. The molecule has 0 fully saturated rings. The highest BCUT2D eigenvalue weighted by Gasteiger charge is 2.65. The quantitative estimate of drug-likeness (QED) is 0.349. The van der Waals surface area contributed by atoms with Crippen LogP contribution in [0.1, 0.15) is 10.4 Å². The first-order valence-corrected chi connectivity index (χ1v) is 11.4. The number of fused-ring (bicyclic) bond motifs is 1. The minimum absolute atomic E-state index is 0.0484. The molecule has 1 aromatic carbocycles. The summed E-state index contributed by atoms with van der Waals surface area (Å²) >= 11 is 1.22. The number of ether oxygens (including phenoxy) is 3. The Balaban J connectivity index is 1.35. The topological polar surface area (TPSA) is 124 Å². The van der Waals surface area contributed by atoms with Crippen LogP contribution in [0.15, 0.2) is 42.0 Å². The van der Waals surface area contributed by atoms with Crippen molar-refractivity contribution in [1.29, 1.82) is 0 Å². The average molecular weight is 541 g/mol. The van der Waals surface area contributed by atoms with Crippen LogP contribution in [-0.2, 0) is 27.3 Å². The Bertz CT molecular complexity index is 1310. The number of hydrogen-bond donors (Lipinski definition) is 3. The summed E-state index contributed by atoms with van der Waals surface area (Å²) in [6.07, 6.45) is -8.27. The van der Waals surface area contributed by atoms with Crippen LogP contribution in [0.4, 0.5) is 34.9 Å². The maximum absolute atomic E-state index is 13.4. The molecule has 2 aromatic heterocycles. The minimum Gasteiger partial charge on any atom is -0.421 e. The van der Waals surface area contributed by atoms with Gasteiger partial charge in [0.05, 0.1) is 16.8 Å². The van der Waals surface area contributed by atoms with Gasteiger partial charge >= 0.3 is 12.2 Å². The van der Waals surface area contributed by atoms with Gasteiger partial charge in [0.15, 0.2) is 11.5 Å². The third-order valence-corrected chi connectivity index (χ3v) is 5.66. The van der Waals surface area contributed by atoms with Crippen molar-refractivity contribution in [1.82, 2.24) is 9.97 Å². The third-order valence-electron chi connectivity index (χ3n) is 4.83. The van der Waals surface area contributed by atoms with Crippen molar-refractivity contribution in [2.75, 3.05) is 29.7 Å². The third kappa shape index (κ3) is 6.24. The van der Waals surface area contributed by atoms with Gasteiger partial charge in [-0.3, -0.25) is 9.59 Å². The number of aromatic nitrogens is 2. The van der Waals surface area contributed by atoms with Gasteiger partial charge in [-0.25, -0.2) is 9.97 Å². The summed E-state index contributed by atoms with van der Waals surface area (Å²) in [6.45, 7) is 0.206. The first-order valence-electron chi connectivity index (χ1n) is 10.5. The van der Waals surface area contributed by atoms with E-state index < -0.39 is 29.6 Å². The second-order valence-corrected chi connectivity index (χ2v) is 8.57. The second kappa shape index (κ2) is 10.6. The average Bonchev–Trinajstić information content (AvgIpc) is 3.25. The van der Waals surface area contributed by atoms with Crippen LogP contribution in [0.2, 0.25) is 0 Å². The Hall–Kier alpha value is -3.98. The lowest BCUT2D eigenvalue weighted by Crippen LogP contribution is -2.52. The first-order chi connectivity index (χ1) is 17.6. The fraction of sp³-hybridized carbons (Fsp3) is 0.273. The van der Waals surface area contributed by atoms with Crippen LogP contribution < -0.4 is 25.4 Å². The Morgan fingerprint density at radius 3 is 2.51 bits per heavy atom. The molecular formula is C22H19F4N5O5S. The Morgan fingerprint density at radius 1 is 1.00 bits per heavy atom. The molecule has 0 unspecified atom stereocenters. The monoisotopic (exact) mass is 541 g/mol. The molecule has 3 N–H and O–H groups in total. The number of carbonyl (C=O) groups excluding carboxylic acids is 2. The number of alkyl halides is 4. The molecule has 15 heteroatoms. The molecule has 1 aliphatic heterocycles. The number of nitrogens with one attached hydrogen (secondary N) is 3. The lowest BCUT2D eigenvalue weighted by molar-refractivity contribution is -0.391. The molecule has 37 heavy (non-hydrogen) atoms. The number of benzene rings is 1. The smallest absolute Gasteiger partial charge is 0.421 e. The first kappa shape index (κ1) is 26.1. The van der Waals surface area contributed by atoms with Crippen LogP contribution in [0, 0.1) is 0 Å². The minimum atomic E-state index is -4.86. The molecule has 0 saturated carbocycles. The molecule has 0 spiro atoms. The van der Waals surface area contributed by atoms with E-state index >= 15 is 0 Å². The van der Waals surface area contributed by atoms with Gasteiger partial charge in [-0.05, 0) is 29.8 Å². The van der Waals surface area contributed by atoms with Crippen LogP contribution in [0.5, 0.6) is 11.5 Å². The van der Waals surface area contributed by atoms with Gasteiger partial charge in [0, 0.05) is 31.6 Å². The van der Waals surface area contributed by atoms with Crippen LogP contribution >= 0.6 is 11.3 Å². The summed E-state index contributed by atoms with van der Waals surface area (Å²) in [5.41, 5.74) is 2.37. The van der Waals surface area contributed by atoms with Gasteiger partial charge in [-0.1, -0.05) is 0 Å². The predicted octanol–water partition coefficient (Wildman–Crippen LogP) is 3.87. The number of thiazole rings is 1. The number of nitrogens with zero attached hydrogens (tertiary/aromatic N) is 2. The van der Waals surface area contributed by atoms with Crippen molar-refractivity contribution in [3.8, 4) is 11.5 Å². The van der Waals surface area contributed by atoms with Gasteiger partial charge in [0.1, 0.15) is 18.2 Å². The van der Waals surface area contributed by atoms with E-state index in [2.05, 4.69) is 35.4 Å². The number of hydrogen-bond acceptors (Lipinski definition) is 9. The van der Waals surface area contributed by atoms with Crippen LogP contribution in [-0.4, -0.2) is 47.7 Å². The number of anilines is 3. The van der Waals surface area contributed by atoms with Crippen LogP contribution in [0.3, 0.4) is 0 Å².